The monoisotopic (exact) mass is 407 g/mol. The van der Waals surface area contributed by atoms with Crippen molar-refractivity contribution in [3.8, 4) is 0 Å². The topological polar surface area (TPSA) is 40.5 Å². The standard InChI is InChI=1S/C20H30O.CH4O.Y/c1-16(8-6-9-17(2)13-15-21)11-12-19-18(3)10-7-14-20(19,4)5;1-2;/h6,8-9,11-13,21H,7,10,14-15H2,1-5H3;2H,1H3;/b9-6+,12-11+,16-8+,17-13+;;. The molecule has 0 aromatic rings. The Bertz CT molecular complexity index is 506. The van der Waals surface area contributed by atoms with Crippen LogP contribution in [0.3, 0.4) is 0 Å². The van der Waals surface area contributed by atoms with Crippen molar-refractivity contribution in [3.63, 3.8) is 0 Å². The van der Waals surface area contributed by atoms with Crippen molar-refractivity contribution in [2.45, 2.75) is 53.9 Å². The first-order valence-corrected chi connectivity index (χ1v) is 8.32. The van der Waals surface area contributed by atoms with E-state index in [1.807, 2.05) is 19.1 Å². The molecule has 0 fully saturated rings. The molecule has 1 aliphatic rings. The molecule has 1 radical (unpaired) electrons. The summed E-state index contributed by atoms with van der Waals surface area (Å²) in [5.41, 5.74) is 5.66. The normalized spacial score (nSPS) is 18.5. The molecule has 0 saturated carbocycles. The second kappa shape index (κ2) is 14.0. The van der Waals surface area contributed by atoms with Crippen LogP contribution in [-0.4, -0.2) is 23.9 Å². The summed E-state index contributed by atoms with van der Waals surface area (Å²) in [7, 11) is 1.00. The Morgan fingerprint density at radius 2 is 1.75 bits per heavy atom. The molecule has 133 valence electrons. The molecule has 0 atom stereocenters. The first kappa shape index (κ1) is 26.0. The zero-order valence-electron chi connectivity index (χ0n) is 16.3. The maximum atomic E-state index is 8.81. The van der Waals surface area contributed by atoms with Crippen molar-refractivity contribution in [1.29, 1.82) is 0 Å². The zero-order chi connectivity index (χ0) is 17.9. The summed E-state index contributed by atoms with van der Waals surface area (Å²) in [4.78, 5) is 0. The van der Waals surface area contributed by atoms with E-state index < -0.39 is 0 Å². The number of hydrogen-bond donors (Lipinski definition) is 2. The number of aliphatic hydroxyl groups is 2. The van der Waals surface area contributed by atoms with Gasteiger partial charge in [0.05, 0.1) is 6.61 Å². The second-order valence-corrected chi connectivity index (χ2v) is 6.67. The fourth-order valence-corrected chi connectivity index (χ4v) is 2.84. The van der Waals surface area contributed by atoms with Crippen molar-refractivity contribution in [2.24, 2.45) is 5.41 Å². The van der Waals surface area contributed by atoms with E-state index in [1.165, 1.54) is 36.0 Å². The summed E-state index contributed by atoms with van der Waals surface area (Å²) in [5.74, 6) is 0. The minimum Gasteiger partial charge on any atom is -0.400 e. The Kier molecular flexibility index (Phi) is 15.1. The molecule has 0 aromatic carbocycles. The van der Waals surface area contributed by atoms with Crippen LogP contribution in [0.4, 0.5) is 0 Å². The van der Waals surface area contributed by atoms with Crippen LogP contribution in [0.15, 0.2) is 58.7 Å². The van der Waals surface area contributed by atoms with Gasteiger partial charge in [-0.3, -0.25) is 0 Å². The Balaban J connectivity index is 0. The van der Waals surface area contributed by atoms with Crippen molar-refractivity contribution >= 4 is 0 Å². The average molecular weight is 407 g/mol. The summed E-state index contributed by atoms with van der Waals surface area (Å²) in [6.07, 6.45) is 16.3. The zero-order valence-corrected chi connectivity index (χ0v) is 19.1. The molecule has 0 spiro atoms. The fraction of sp³-hybridized carbons (Fsp3) is 0.524. The Hall–Kier alpha value is -0.276. The Labute approximate surface area is 174 Å². The number of rotatable bonds is 5. The van der Waals surface area contributed by atoms with Gasteiger partial charge in [-0.05, 0) is 51.0 Å². The van der Waals surface area contributed by atoms with Gasteiger partial charge in [-0.1, -0.05) is 67.0 Å². The van der Waals surface area contributed by atoms with E-state index in [0.717, 1.165) is 12.7 Å². The summed E-state index contributed by atoms with van der Waals surface area (Å²) in [6.45, 7) is 11.2. The third-order valence-electron chi connectivity index (χ3n) is 4.19. The van der Waals surface area contributed by atoms with Crippen molar-refractivity contribution < 1.29 is 42.9 Å². The molecule has 0 unspecified atom stereocenters. The molecule has 1 aliphatic carbocycles. The van der Waals surface area contributed by atoms with E-state index in [-0.39, 0.29) is 39.3 Å². The maximum absolute atomic E-state index is 8.81. The van der Waals surface area contributed by atoms with Gasteiger partial charge < -0.3 is 10.2 Å². The molecule has 0 amide bonds. The first-order valence-electron chi connectivity index (χ1n) is 8.32. The molecule has 0 saturated heterocycles. The van der Waals surface area contributed by atoms with Gasteiger partial charge in [0.2, 0.25) is 0 Å². The summed E-state index contributed by atoms with van der Waals surface area (Å²) >= 11 is 0. The molecule has 1 rings (SSSR count). The van der Waals surface area contributed by atoms with Gasteiger partial charge in [-0.15, -0.1) is 0 Å². The average Bonchev–Trinajstić information content (AvgIpc) is 2.48. The molecule has 0 aromatic heterocycles. The summed E-state index contributed by atoms with van der Waals surface area (Å²) in [5, 5.41) is 15.8. The van der Waals surface area contributed by atoms with Gasteiger partial charge >= 0.3 is 0 Å². The number of allylic oxidation sites excluding steroid dienone is 9. The van der Waals surface area contributed by atoms with Gasteiger partial charge in [0.1, 0.15) is 0 Å². The third kappa shape index (κ3) is 9.88. The number of hydrogen-bond acceptors (Lipinski definition) is 2. The van der Waals surface area contributed by atoms with Crippen LogP contribution in [0, 0.1) is 5.41 Å². The van der Waals surface area contributed by atoms with Crippen LogP contribution >= 0.6 is 0 Å². The minimum atomic E-state index is 0. The summed E-state index contributed by atoms with van der Waals surface area (Å²) < 4.78 is 0. The Morgan fingerprint density at radius 1 is 1.12 bits per heavy atom. The molecule has 0 heterocycles. The van der Waals surface area contributed by atoms with E-state index in [1.54, 1.807) is 6.08 Å². The van der Waals surface area contributed by atoms with E-state index >= 15 is 0 Å². The third-order valence-corrected chi connectivity index (χ3v) is 4.19. The second-order valence-electron chi connectivity index (χ2n) is 6.67. The van der Waals surface area contributed by atoms with Crippen molar-refractivity contribution in [3.05, 3.63) is 58.7 Å². The summed E-state index contributed by atoms with van der Waals surface area (Å²) in [6, 6.07) is 0. The van der Waals surface area contributed by atoms with Crippen LogP contribution in [-0.2, 0) is 32.7 Å². The van der Waals surface area contributed by atoms with Crippen molar-refractivity contribution in [2.75, 3.05) is 13.7 Å². The predicted molar refractivity (Wildman–Crippen MR) is 101 cm³/mol. The molecular formula is C21H34O2Y. The quantitative estimate of drug-likeness (QED) is 0.622. The van der Waals surface area contributed by atoms with Crippen LogP contribution < -0.4 is 0 Å². The van der Waals surface area contributed by atoms with Crippen LogP contribution in [0.25, 0.3) is 0 Å². The molecular weight excluding hydrogens is 373 g/mol. The van der Waals surface area contributed by atoms with Gasteiger partial charge in [0, 0.05) is 39.8 Å². The van der Waals surface area contributed by atoms with Crippen LogP contribution in [0.1, 0.15) is 53.9 Å². The fourth-order valence-electron chi connectivity index (χ4n) is 2.84. The molecule has 0 bridgehead atoms. The molecule has 2 nitrogen and oxygen atoms in total. The first-order chi connectivity index (χ1) is 10.9. The van der Waals surface area contributed by atoms with Gasteiger partial charge in [0.25, 0.3) is 0 Å². The molecule has 24 heavy (non-hydrogen) atoms. The molecule has 0 aliphatic heterocycles. The van der Waals surface area contributed by atoms with Crippen molar-refractivity contribution in [1.82, 2.24) is 0 Å². The Morgan fingerprint density at radius 3 is 2.29 bits per heavy atom. The van der Waals surface area contributed by atoms with Gasteiger partial charge in [0.15, 0.2) is 0 Å². The van der Waals surface area contributed by atoms with E-state index in [9.17, 15) is 0 Å². The van der Waals surface area contributed by atoms with Gasteiger partial charge in [-0.2, -0.15) is 0 Å². The van der Waals surface area contributed by atoms with E-state index in [4.69, 9.17) is 10.2 Å². The molecule has 3 heteroatoms. The van der Waals surface area contributed by atoms with Crippen LogP contribution in [0.2, 0.25) is 0 Å². The van der Waals surface area contributed by atoms with E-state index in [2.05, 4.69) is 45.9 Å². The minimum absolute atomic E-state index is 0. The largest absolute Gasteiger partial charge is 0.400 e. The maximum Gasteiger partial charge on any atom is 0.0617 e. The predicted octanol–water partition coefficient (Wildman–Crippen LogP) is 5.12. The smallest absolute Gasteiger partial charge is 0.0617 e. The number of aliphatic hydroxyl groups excluding tert-OH is 2. The van der Waals surface area contributed by atoms with Gasteiger partial charge in [-0.25, -0.2) is 0 Å². The van der Waals surface area contributed by atoms with Crippen LogP contribution in [0.5, 0.6) is 0 Å². The SMILES string of the molecule is CC1=C(/C=C/C(C)=C/C=C/C(C)=C/CO)C(C)(C)CCC1.CO.[Y]. The van der Waals surface area contributed by atoms with E-state index in [0.29, 0.717) is 5.41 Å². The molecule has 2 N–H and O–H groups in total.